The summed E-state index contributed by atoms with van der Waals surface area (Å²) in [6.07, 6.45) is -2.05. The van der Waals surface area contributed by atoms with Crippen LogP contribution >= 0.6 is 7.82 Å². The van der Waals surface area contributed by atoms with Crippen LogP contribution in [0.1, 0.15) is 16.9 Å². The molecule has 0 radical (unpaired) electrons. The Hall–Kier alpha value is -4.24. The van der Waals surface area contributed by atoms with Gasteiger partial charge in [-0.25, -0.2) is 14.3 Å². The number of carboxylic acids is 1. The lowest BCUT2D eigenvalue weighted by Crippen LogP contribution is -2.33. The van der Waals surface area contributed by atoms with E-state index in [0.29, 0.717) is 23.6 Å². The summed E-state index contributed by atoms with van der Waals surface area (Å²) >= 11 is 0. The van der Waals surface area contributed by atoms with Crippen molar-refractivity contribution in [1.82, 2.24) is 9.88 Å². The lowest BCUT2D eigenvalue weighted by molar-refractivity contribution is -0.192. The highest BCUT2D eigenvalue weighted by atomic mass is 31.2. The molecule has 2 amide bonds. The number of carbonyl (C=O) groups is 3. The summed E-state index contributed by atoms with van der Waals surface area (Å²) in [5, 5.41) is 13.5. The van der Waals surface area contributed by atoms with E-state index in [9.17, 15) is 27.3 Å². The molecule has 220 valence electrons. The third-order valence-corrected chi connectivity index (χ3v) is 6.07. The molecule has 3 heterocycles. The Morgan fingerprint density at radius 3 is 2.56 bits per heavy atom. The van der Waals surface area contributed by atoms with Crippen LogP contribution in [0.2, 0.25) is 0 Å². The maximum absolute atomic E-state index is 12.6. The SMILES string of the molecule is Cc1c(CN(C)C(=O)/C=C/c2cnc3c(c2)NC[C@H](OP(=O)(O)O)C(=O)N3)oc2ccccc12.O=C(O)C(F)(F)F. The predicted molar refractivity (Wildman–Crippen MR) is 138 cm³/mol. The highest BCUT2D eigenvalue weighted by molar-refractivity contribution is 7.46. The molecule has 0 unspecified atom stereocenters. The van der Waals surface area contributed by atoms with Gasteiger partial charge in [-0.1, -0.05) is 18.2 Å². The minimum atomic E-state index is -5.08. The van der Waals surface area contributed by atoms with E-state index in [1.165, 1.54) is 17.2 Å². The van der Waals surface area contributed by atoms with Crippen LogP contribution in [0, 0.1) is 6.92 Å². The fourth-order valence-corrected chi connectivity index (χ4v) is 4.02. The van der Waals surface area contributed by atoms with E-state index in [2.05, 4.69) is 20.1 Å². The van der Waals surface area contributed by atoms with Crippen LogP contribution in [-0.4, -0.2) is 68.4 Å². The lowest BCUT2D eigenvalue weighted by atomic mass is 10.1. The molecule has 5 N–H and O–H groups in total. The second-order valence-electron chi connectivity index (χ2n) is 8.60. The Morgan fingerprint density at radius 1 is 1.29 bits per heavy atom. The van der Waals surface area contributed by atoms with E-state index >= 15 is 0 Å². The van der Waals surface area contributed by atoms with Gasteiger partial charge < -0.3 is 34.8 Å². The number of hydrogen-bond donors (Lipinski definition) is 5. The number of phosphoric ester groups is 1. The van der Waals surface area contributed by atoms with Crippen molar-refractivity contribution < 1.29 is 56.0 Å². The van der Waals surface area contributed by atoms with E-state index in [0.717, 1.165) is 16.5 Å². The Balaban J connectivity index is 0.000000587. The normalized spacial score (nSPS) is 15.3. The summed E-state index contributed by atoms with van der Waals surface area (Å²) < 4.78 is 53.2. The van der Waals surface area contributed by atoms with Gasteiger partial charge in [0.1, 0.15) is 11.3 Å². The van der Waals surface area contributed by atoms with Crippen molar-refractivity contribution in [2.24, 2.45) is 0 Å². The topological polar surface area (TPSA) is 192 Å². The monoisotopic (exact) mass is 600 g/mol. The van der Waals surface area contributed by atoms with E-state index in [-0.39, 0.29) is 18.3 Å². The number of benzene rings is 1. The Bertz CT molecular complexity index is 1530. The molecule has 0 spiro atoms. The summed E-state index contributed by atoms with van der Waals surface area (Å²) in [4.78, 5) is 57.3. The van der Waals surface area contributed by atoms with E-state index in [1.807, 2.05) is 31.2 Å². The van der Waals surface area contributed by atoms with Crippen molar-refractivity contribution in [2.45, 2.75) is 25.7 Å². The summed E-state index contributed by atoms with van der Waals surface area (Å²) in [6, 6.07) is 9.34. The van der Waals surface area contributed by atoms with E-state index in [1.54, 1.807) is 19.2 Å². The number of pyridine rings is 1. The number of anilines is 2. The number of hydrogen-bond acceptors (Lipinski definition) is 8. The molecule has 1 aliphatic rings. The van der Waals surface area contributed by atoms with Crippen molar-refractivity contribution in [3.63, 3.8) is 0 Å². The number of nitrogens with one attached hydrogen (secondary N) is 2. The van der Waals surface area contributed by atoms with Crippen molar-refractivity contribution in [3.8, 4) is 0 Å². The lowest BCUT2D eigenvalue weighted by Gasteiger charge is -2.14. The van der Waals surface area contributed by atoms with Crippen LogP contribution in [0.15, 0.2) is 47.0 Å². The smallest absolute Gasteiger partial charge is 0.475 e. The summed E-state index contributed by atoms with van der Waals surface area (Å²) in [5.74, 6) is -2.84. The molecule has 0 aliphatic carbocycles. The number of amides is 2. The number of carbonyl (C=O) groups excluding carboxylic acids is 2. The Kier molecular flexibility index (Phi) is 9.55. The zero-order valence-corrected chi connectivity index (χ0v) is 22.3. The van der Waals surface area contributed by atoms with Gasteiger partial charge in [-0.05, 0) is 30.7 Å². The van der Waals surface area contributed by atoms with Gasteiger partial charge in [-0.15, -0.1) is 0 Å². The number of carboxylic acid groups (broad SMARTS) is 1. The van der Waals surface area contributed by atoms with Crippen LogP contribution in [0.5, 0.6) is 0 Å². The summed E-state index contributed by atoms with van der Waals surface area (Å²) in [6.45, 7) is 2.09. The number of aliphatic carboxylic acids is 1. The molecule has 2 aromatic heterocycles. The number of phosphoric acid groups is 1. The number of alkyl halides is 3. The number of fused-ring (bicyclic) bond motifs is 2. The molecule has 3 aromatic rings. The first-order valence-electron chi connectivity index (χ1n) is 11.5. The molecule has 1 atom stereocenters. The zero-order chi connectivity index (χ0) is 30.5. The molecule has 13 nitrogen and oxygen atoms in total. The molecule has 4 rings (SSSR count). The van der Waals surface area contributed by atoms with Gasteiger partial charge in [0, 0.05) is 30.3 Å². The van der Waals surface area contributed by atoms with E-state index in [4.69, 9.17) is 24.1 Å². The Labute approximate surface area is 229 Å². The third-order valence-electron chi connectivity index (χ3n) is 5.55. The largest absolute Gasteiger partial charge is 0.490 e. The van der Waals surface area contributed by atoms with Crippen LogP contribution in [0.3, 0.4) is 0 Å². The van der Waals surface area contributed by atoms with Crippen molar-refractivity contribution >= 4 is 54.2 Å². The molecule has 0 fully saturated rings. The first-order chi connectivity index (χ1) is 19.0. The number of rotatable bonds is 6. The van der Waals surface area contributed by atoms with Gasteiger partial charge in [0.2, 0.25) is 5.91 Å². The first kappa shape index (κ1) is 31.3. The van der Waals surface area contributed by atoms with Gasteiger partial charge in [0.15, 0.2) is 11.9 Å². The minimum Gasteiger partial charge on any atom is -0.475 e. The molecule has 41 heavy (non-hydrogen) atoms. The average molecular weight is 600 g/mol. The fourth-order valence-electron chi connectivity index (χ4n) is 3.51. The first-order valence-corrected chi connectivity index (χ1v) is 13.1. The molecule has 0 saturated carbocycles. The second-order valence-corrected chi connectivity index (χ2v) is 9.79. The maximum atomic E-state index is 12.6. The number of nitrogens with zero attached hydrogens (tertiary/aromatic N) is 2. The molecular formula is C24H24F3N4O9P. The van der Waals surface area contributed by atoms with Crippen LogP contribution in [0.25, 0.3) is 17.0 Å². The van der Waals surface area contributed by atoms with E-state index < -0.39 is 32.0 Å². The molecule has 17 heteroatoms. The number of furan rings is 1. The van der Waals surface area contributed by atoms with Crippen LogP contribution < -0.4 is 10.6 Å². The summed E-state index contributed by atoms with van der Waals surface area (Å²) in [5.41, 5.74) is 2.77. The molecule has 0 saturated heterocycles. The van der Waals surface area contributed by atoms with Crippen molar-refractivity contribution in [2.75, 3.05) is 24.2 Å². The molecule has 0 bridgehead atoms. The van der Waals surface area contributed by atoms with Gasteiger partial charge in [0.25, 0.3) is 5.91 Å². The number of aromatic nitrogens is 1. The number of likely N-dealkylation sites (N-methyl/N-ethyl adjacent to an activating group) is 1. The molecule has 1 aromatic carbocycles. The second kappa shape index (κ2) is 12.5. The highest BCUT2D eigenvalue weighted by Crippen LogP contribution is 2.38. The predicted octanol–water partition coefficient (Wildman–Crippen LogP) is 3.28. The van der Waals surface area contributed by atoms with Crippen LogP contribution in [0.4, 0.5) is 24.7 Å². The van der Waals surface area contributed by atoms with Crippen molar-refractivity contribution in [3.05, 3.63) is 59.5 Å². The quantitative estimate of drug-likeness (QED) is 0.206. The maximum Gasteiger partial charge on any atom is 0.490 e. The van der Waals surface area contributed by atoms with Gasteiger partial charge in [0.05, 0.1) is 18.8 Å². The summed E-state index contributed by atoms with van der Waals surface area (Å²) in [7, 11) is -3.17. The Morgan fingerprint density at radius 2 is 1.95 bits per heavy atom. The van der Waals surface area contributed by atoms with Gasteiger partial charge >= 0.3 is 20.0 Å². The van der Waals surface area contributed by atoms with Crippen molar-refractivity contribution in [1.29, 1.82) is 0 Å². The standard InChI is InChI=1S/C22H23N4O7P.C2HF3O2/c1-13-15-5-3-4-6-17(15)32-19(13)12-26(2)20(27)8-7-14-9-16-21(24-10-14)25-22(28)18(11-23-16)33-34(29,30)31;3-2(4,5)1(6)7/h3-10,18,23H,11-12H2,1-2H3,(H,24,25,28)(H2,29,30,31);(H,6,7)/b8-7+;/t18-;/m0./s1. The molecule has 1 aliphatic heterocycles. The van der Waals surface area contributed by atoms with Crippen LogP contribution in [-0.2, 0) is 30.0 Å². The zero-order valence-electron chi connectivity index (χ0n) is 21.4. The van der Waals surface area contributed by atoms with Gasteiger partial charge in [-0.3, -0.25) is 14.1 Å². The average Bonchev–Trinajstić information content (AvgIpc) is 3.11. The highest BCUT2D eigenvalue weighted by Gasteiger charge is 2.38. The third kappa shape index (κ3) is 8.62. The number of para-hydroxylation sites is 1. The van der Waals surface area contributed by atoms with Gasteiger partial charge in [-0.2, -0.15) is 13.2 Å². The fraction of sp³-hybridized carbons (Fsp3) is 0.250. The minimum absolute atomic E-state index is 0.169. The molecular weight excluding hydrogens is 576 g/mol. The number of halogens is 3. The number of aryl methyl sites for hydroxylation is 1.